The Morgan fingerprint density at radius 3 is 2.71 bits per heavy atom. The zero-order chi connectivity index (χ0) is 20.1. The van der Waals surface area contributed by atoms with Gasteiger partial charge in [-0.15, -0.1) is 11.3 Å². The summed E-state index contributed by atoms with van der Waals surface area (Å²) in [7, 11) is -2.77. The van der Waals surface area contributed by atoms with Crippen LogP contribution in [-0.4, -0.2) is 35.8 Å². The van der Waals surface area contributed by atoms with Crippen molar-refractivity contribution in [3.63, 3.8) is 0 Å². The van der Waals surface area contributed by atoms with Gasteiger partial charge in [-0.3, -0.25) is 14.4 Å². The molecule has 0 aliphatic carbocycles. The third-order valence-corrected chi connectivity index (χ3v) is 7.31. The van der Waals surface area contributed by atoms with Crippen molar-refractivity contribution in [1.29, 1.82) is 0 Å². The SMILES string of the molecule is CCc1csc(NC(=O)C2=C(O)c3ccc4ccccc4c3S(=O)(=O)N2C)n1. The highest BCUT2D eigenvalue weighted by Gasteiger charge is 2.39. The number of aliphatic hydroxyl groups is 1. The number of anilines is 1. The average molecular weight is 415 g/mol. The van der Waals surface area contributed by atoms with Crippen molar-refractivity contribution in [1.82, 2.24) is 9.29 Å². The molecule has 9 heteroatoms. The molecule has 2 N–H and O–H groups in total. The quantitative estimate of drug-likeness (QED) is 0.683. The van der Waals surface area contributed by atoms with Crippen LogP contribution in [0.5, 0.6) is 0 Å². The molecule has 1 aliphatic heterocycles. The van der Waals surface area contributed by atoms with Gasteiger partial charge < -0.3 is 5.11 Å². The zero-order valence-electron chi connectivity index (χ0n) is 15.1. The first-order valence-electron chi connectivity index (χ1n) is 8.54. The van der Waals surface area contributed by atoms with E-state index in [-0.39, 0.29) is 21.9 Å². The van der Waals surface area contributed by atoms with Gasteiger partial charge in [0.05, 0.1) is 5.69 Å². The molecule has 0 spiro atoms. The molecule has 7 nitrogen and oxygen atoms in total. The molecule has 0 saturated carbocycles. The number of aryl methyl sites for hydroxylation is 1. The first-order chi connectivity index (χ1) is 13.3. The van der Waals surface area contributed by atoms with Crippen molar-refractivity contribution in [2.75, 3.05) is 12.4 Å². The minimum atomic E-state index is -4.03. The van der Waals surface area contributed by atoms with Crippen molar-refractivity contribution in [3.8, 4) is 0 Å². The lowest BCUT2D eigenvalue weighted by atomic mass is 10.0. The summed E-state index contributed by atoms with van der Waals surface area (Å²) in [5.41, 5.74) is 0.589. The maximum absolute atomic E-state index is 13.2. The van der Waals surface area contributed by atoms with Crippen LogP contribution in [-0.2, 0) is 21.2 Å². The number of carbonyl (C=O) groups is 1. The Kier molecular flexibility index (Phi) is 4.35. The second-order valence-electron chi connectivity index (χ2n) is 6.28. The highest BCUT2D eigenvalue weighted by molar-refractivity contribution is 7.89. The molecule has 144 valence electrons. The van der Waals surface area contributed by atoms with E-state index in [9.17, 15) is 18.3 Å². The van der Waals surface area contributed by atoms with Crippen molar-refractivity contribution in [3.05, 3.63) is 58.7 Å². The Bertz CT molecular complexity index is 1250. The van der Waals surface area contributed by atoms with Crippen LogP contribution in [0.1, 0.15) is 18.2 Å². The number of nitrogens with one attached hydrogen (secondary N) is 1. The fraction of sp³-hybridized carbons (Fsp3) is 0.158. The van der Waals surface area contributed by atoms with Gasteiger partial charge in [-0.25, -0.2) is 13.4 Å². The van der Waals surface area contributed by atoms with Gasteiger partial charge in [0.2, 0.25) is 0 Å². The maximum Gasteiger partial charge on any atom is 0.278 e. The van der Waals surface area contributed by atoms with Crippen LogP contribution in [0, 0.1) is 0 Å². The third-order valence-electron chi connectivity index (χ3n) is 4.64. The average Bonchev–Trinajstić information content (AvgIpc) is 3.13. The molecular formula is C19H17N3O4S2. The molecule has 0 unspecified atom stereocenters. The molecule has 0 fully saturated rings. The summed E-state index contributed by atoms with van der Waals surface area (Å²) >= 11 is 1.24. The van der Waals surface area contributed by atoms with Gasteiger partial charge in [-0.05, 0) is 17.9 Å². The highest BCUT2D eigenvalue weighted by atomic mass is 32.2. The number of amides is 1. The summed E-state index contributed by atoms with van der Waals surface area (Å²) in [5, 5.41) is 16.7. The Balaban J connectivity index is 1.86. The van der Waals surface area contributed by atoms with Crippen LogP contribution in [0.3, 0.4) is 0 Å². The van der Waals surface area contributed by atoms with Crippen molar-refractivity contribution < 1.29 is 18.3 Å². The van der Waals surface area contributed by atoms with E-state index in [0.717, 1.165) is 21.8 Å². The van der Waals surface area contributed by atoms with E-state index in [1.165, 1.54) is 24.5 Å². The fourth-order valence-corrected chi connectivity index (χ4v) is 5.55. The van der Waals surface area contributed by atoms with Crippen LogP contribution >= 0.6 is 11.3 Å². The van der Waals surface area contributed by atoms with Crippen LogP contribution in [0.2, 0.25) is 0 Å². The molecule has 1 amide bonds. The number of aromatic nitrogens is 1. The summed E-state index contributed by atoms with van der Waals surface area (Å²) in [5.74, 6) is -1.12. The molecule has 3 aromatic rings. The lowest BCUT2D eigenvalue weighted by Gasteiger charge is -2.29. The number of aliphatic hydroxyl groups excluding tert-OH is 1. The standard InChI is InChI=1S/C19H17N3O4S2/c1-3-12-10-27-19(20-12)21-18(24)15-16(23)14-9-8-11-6-4-5-7-13(11)17(14)28(25,26)22(15)2/h4-10,23H,3H2,1-2H3,(H,20,21,24). The molecule has 0 bridgehead atoms. The number of sulfonamides is 1. The van der Waals surface area contributed by atoms with E-state index >= 15 is 0 Å². The molecular weight excluding hydrogens is 398 g/mol. The van der Waals surface area contributed by atoms with Gasteiger partial charge in [0.15, 0.2) is 16.6 Å². The van der Waals surface area contributed by atoms with Gasteiger partial charge in [0.1, 0.15) is 4.90 Å². The van der Waals surface area contributed by atoms with Gasteiger partial charge >= 0.3 is 0 Å². The summed E-state index contributed by atoms with van der Waals surface area (Å²) in [6.45, 7) is 1.94. The second kappa shape index (κ2) is 6.61. The number of thiazole rings is 1. The lowest BCUT2D eigenvalue weighted by molar-refractivity contribution is -0.113. The predicted molar refractivity (Wildman–Crippen MR) is 109 cm³/mol. The van der Waals surface area contributed by atoms with Crippen LogP contribution in [0.15, 0.2) is 52.4 Å². The number of nitrogens with zero attached hydrogens (tertiary/aromatic N) is 2. The van der Waals surface area contributed by atoms with Crippen LogP contribution < -0.4 is 5.32 Å². The van der Waals surface area contributed by atoms with Crippen molar-refractivity contribution >= 4 is 48.9 Å². The number of fused-ring (bicyclic) bond motifs is 3. The smallest absolute Gasteiger partial charge is 0.278 e. The Morgan fingerprint density at radius 2 is 2.00 bits per heavy atom. The first-order valence-corrected chi connectivity index (χ1v) is 10.9. The Labute approximate surface area is 166 Å². The van der Waals surface area contributed by atoms with E-state index < -0.39 is 15.9 Å². The molecule has 28 heavy (non-hydrogen) atoms. The number of hydrogen-bond acceptors (Lipinski definition) is 6. The van der Waals surface area contributed by atoms with Crippen LogP contribution in [0.25, 0.3) is 16.5 Å². The second-order valence-corrected chi connectivity index (χ2v) is 9.05. The number of benzene rings is 2. The number of hydrogen-bond donors (Lipinski definition) is 2. The molecule has 4 rings (SSSR count). The van der Waals surface area contributed by atoms with E-state index in [1.54, 1.807) is 30.3 Å². The maximum atomic E-state index is 13.2. The first kappa shape index (κ1) is 18.5. The number of likely N-dealkylation sites (N-methyl/N-ethyl adjacent to an activating group) is 1. The third kappa shape index (κ3) is 2.74. The predicted octanol–water partition coefficient (Wildman–Crippen LogP) is 3.36. The molecule has 0 saturated heterocycles. The summed E-state index contributed by atoms with van der Waals surface area (Å²) in [6, 6.07) is 10.2. The fourth-order valence-electron chi connectivity index (χ4n) is 3.17. The van der Waals surface area contributed by atoms with Gasteiger partial charge in [-0.2, -0.15) is 0 Å². The minimum Gasteiger partial charge on any atom is -0.505 e. The topological polar surface area (TPSA) is 99.6 Å². The molecule has 1 aliphatic rings. The molecule has 2 aromatic carbocycles. The van der Waals surface area contributed by atoms with E-state index in [2.05, 4.69) is 10.3 Å². The zero-order valence-corrected chi connectivity index (χ0v) is 16.8. The monoisotopic (exact) mass is 415 g/mol. The number of carbonyl (C=O) groups excluding carboxylic acids is 1. The number of rotatable bonds is 3. The molecule has 0 atom stereocenters. The van der Waals surface area contributed by atoms with Crippen LogP contribution in [0.4, 0.5) is 5.13 Å². The van der Waals surface area contributed by atoms with Crippen molar-refractivity contribution in [2.45, 2.75) is 18.2 Å². The van der Waals surface area contributed by atoms with Gasteiger partial charge in [0, 0.05) is 23.4 Å². The lowest BCUT2D eigenvalue weighted by Crippen LogP contribution is -2.37. The normalized spacial score (nSPS) is 15.6. The summed E-state index contributed by atoms with van der Waals surface area (Å²) < 4.78 is 27.2. The van der Waals surface area contributed by atoms with E-state index in [0.29, 0.717) is 10.5 Å². The molecule has 1 aromatic heterocycles. The minimum absolute atomic E-state index is 0.00957. The largest absolute Gasteiger partial charge is 0.505 e. The Hall–Kier alpha value is -2.91. The Morgan fingerprint density at radius 1 is 1.25 bits per heavy atom. The van der Waals surface area contributed by atoms with Crippen molar-refractivity contribution in [2.24, 2.45) is 0 Å². The molecule has 2 heterocycles. The summed E-state index contributed by atoms with van der Waals surface area (Å²) in [6.07, 6.45) is 0.717. The van der Waals surface area contributed by atoms with E-state index in [1.807, 2.05) is 12.3 Å². The molecule has 0 radical (unpaired) electrons. The van der Waals surface area contributed by atoms with E-state index in [4.69, 9.17) is 0 Å². The van der Waals surface area contributed by atoms with Gasteiger partial charge in [0.25, 0.3) is 15.9 Å². The highest BCUT2D eigenvalue weighted by Crippen LogP contribution is 2.39. The van der Waals surface area contributed by atoms with Gasteiger partial charge in [-0.1, -0.05) is 37.3 Å². The summed E-state index contributed by atoms with van der Waals surface area (Å²) in [4.78, 5) is 17.0.